The van der Waals surface area contributed by atoms with Crippen molar-refractivity contribution in [2.24, 2.45) is 5.92 Å². The smallest absolute Gasteiger partial charge is 0.168 e. The number of carbonyl (C=O) groups is 1. The minimum Gasteiger partial charge on any atom is -0.341 e. The van der Waals surface area contributed by atoms with Crippen molar-refractivity contribution in [2.75, 3.05) is 19.3 Å². The van der Waals surface area contributed by atoms with Gasteiger partial charge in [0.05, 0.1) is 17.6 Å². The lowest BCUT2D eigenvalue weighted by molar-refractivity contribution is 0.0806. The number of fused-ring (bicyclic) bond motifs is 1. The Balaban J connectivity index is 1.48. The van der Waals surface area contributed by atoms with Crippen molar-refractivity contribution in [2.45, 2.75) is 24.3 Å². The third-order valence-electron chi connectivity index (χ3n) is 5.12. The van der Waals surface area contributed by atoms with E-state index in [0.29, 0.717) is 12.1 Å². The van der Waals surface area contributed by atoms with E-state index < -0.39 is 0 Å². The summed E-state index contributed by atoms with van der Waals surface area (Å²) in [5.74, 6) is 0.784. The number of benzene rings is 2. The van der Waals surface area contributed by atoms with E-state index in [1.165, 1.54) is 12.1 Å². The maximum absolute atomic E-state index is 13.4. The molecule has 1 aromatic heterocycles. The second kappa shape index (κ2) is 7.82. The Labute approximate surface area is 162 Å². The number of imidazole rings is 1. The van der Waals surface area contributed by atoms with Crippen molar-refractivity contribution in [3.63, 3.8) is 0 Å². The highest BCUT2D eigenvalue weighted by atomic mass is 32.2. The molecule has 0 aliphatic carbocycles. The summed E-state index contributed by atoms with van der Waals surface area (Å²) in [6, 6.07) is 12.4. The van der Waals surface area contributed by atoms with Gasteiger partial charge in [0.25, 0.3) is 0 Å². The van der Waals surface area contributed by atoms with E-state index in [1.54, 1.807) is 17.8 Å². The molecule has 0 spiro atoms. The number of carbonyl (C=O) groups excluding carboxylic acids is 1. The van der Waals surface area contributed by atoms with Crippen LogP contribution < -0.4 is 0 Å². The number of piperidine rings is 1. The molecule has 27 heavy (non-hydrogen) atoms. The average molecular weight is 383 g/mol. The first kappa shape index (κ1) is 18.2. The largest absolute Gasteiger partial charge is 0.341 e. The molecule has 6 heteroatoms. The van der Waals surface area contributed by atoms with Crippen LogP contribution in [0, 0.1) is 11.7 Å². The fraction of sp³-hybridized carbons (Fsp3) is 0.333. The number of hydrogen-bond acceptors (Lipinski definition) is 4. The zero-order chi connectivity index (χ0) is 18.8. The molecule has 0 amide bonds. The molecule has 3 aromatic rings. The van der Waals surface area contributed by atoms with Gasteiger partial charge in [0.2, 0.25) is 0 Å². The quantitative estimate of drug-likeness (QED) is 0.520. The van der Waals surface area contributed by atoms with Gasteiger partial charge in [0, 0.05) is 22.9 Å². The van der Waals surface area contributed by atoms with Crippen LogP contribution in [0.3, 0.4) is 0 Å². The Bertz CT molecular complexity index is 971. The van der Waals surface area contributed by atoms with E-state index in [0.717, 1.165) is 47.7 Å². The van der Waals surface area contributed by atoms with Crippen LogP contribution in [-0.2, 0) is 6.54 Å². The van der Waals surface area contributed by atoms with Crippen LogP contribution in [0.1, 0.15) is 29.0 Å². The molecule has 1 fully saturated rings. The van der Waals surface area contributed by atoms with Crippen molar-refractivity contribution < 1.29 is 9.18 Å². The molecule has 0 bridgehead atoms. The predicted molar refractivity (Wildman–Crippen MR) is 107 cm³/mol. The number of ketones is 1. The topological polar surface area (TPSA) is 49.0 Å². The number of H-pyrrole nitrogens is 1. The second-order valence-corrected chi connectivity index (χ2v) is 7.83. The highest BCUT2D eigenvalue weighted by Crippen LogP contribution is 2.27. The maximum atomic E-state index is 13.4. The molecule has 1 atom stereocenters. The molecule has 1 aliphatic rings. The number of aromatic nitrogens is 2. The summed E-state index contributed by atoms with van der Waals surface area (Å²) < 4.78 is 13.4. The zero-order valence-corrected chi connectivity index (χ0v) is 16.1. The number of nitrogens with one attached hydrogen (secondary N) is 1. The molecule has 140 valence electrons. The molecular weight excluding hydrogens is 361 g/mol. The van der Waals surface area contributed by atoms with Crippen LogP contribution in [0.15, 0.2) is 47.4 Å². The van der Waals surface area contributed by atoms with Crippen LogP contribution in [0.5, 0.6) is 0 Å². The Morgan fingerprint density at radius 2 is 2.19 bits per heavy atom. The van der Waals surface area contributed by atoms with Gasteiger partial charge in [-0.25, -0.2) is 9.37 Å². The Morgan fingerprint density at radius 1 is 1.33 bits per heavy atom. The highest BCUT2D eigenvalue weighted by Gasteiger charge is 2.28. The third-order valence-corrected chi connectivity index (χ3v) is 5.91. The Hall–Kier alpha value is -2.18. The van der Waals surface area contributed by atoms with Gasteiger partial charge in [-0.1, -0.05) is 18.2 Å². The first-order valence-electron chi connectivity index (χ1n) is 9.18. The van der Waals surface area contributed by atoms with Gasteiger partial charge < -0.3 is 4.98 Å². The third kappa shape index (κ3) is 3.92. The van der Waals surface area contributed by atoms with E-state index in [2.05, 4.69) is 14.9 Å². The van der Waals surface area contributed by atoms with E-state index in [-0.39, 0.29) is 17.5 Å². The van der Waals surface area contributed by atoms with Crippen LogP contribution in [0.2, 0.25) is 0 Å². The summed E-state index contributed by atoms with van der Waals surface area (Å²) >= 11 is 1.61. The van der Waals surface area contributed by atoms with Crippen LogP contribution in [0.4, 0.5) is 4.39 Å². The fourth-order valence-corrected chi connectivity index (χ4v) is 4.41. The fourth-order valence-electron chi connectivity index (χ4n) is 3.80. The Kier molecular flexibility index (Phi) is 5.27. The van der Waals surface area contributed by atoms with Gasteiger partial charge in [-0.2, -0.15) is 0 Å². The monoisotopic (exact) mass is 383 g/mol. The first-order chi connectivity index (χ1) is 13.1. The minimum absolute atomic E-state index is 0.00822. The number of likely N-dealkylation sites (tertiary alicyclic amines) is 1. The molecule has 1 aliphatic heterocycles. The molecule has 1 unspecified atom stereocenters. The van der Waals surface area contributed by atoms with E-state index in [9.17, 15) is 9.18 Å². The summed E-state index contributed by atoms with van der Waals surface area (Å²) in [5.41, 5.74) is 2.31. The summed E-state index contributed by atoms with van der Waals surface area (Å²) in [6.45, 7) is 2.32. The van der Waals surface area contributed by atoms with Crippen molar-refractivity contribution in [1.29, 1.82) is 0 Å². The van der Waals surface area contributed by atoms with Crippen molar-refractivity contribution >= 4 is 28.6 Å². The van der Waals surface area contributed by atoms with Crippen molar-refractivity contribution in [3.05, 3.63) is 59.7 Å². The first-order valence-corrected chi connectivity index (χ1v) is 10.4. The van der Waals surface area contributed by atoms with Crippen molar-refractivity contribution in [3.8, 4) is 0 Å². The summed E-state index contributed by atoms with van der Waals surface area (Å²) in [4.78, 5) is 24.1. The standard InChI is InChI=1S/C21H22FN3OS/c1-27-19-7-3-2-6-16(19)21(26)14-5-4-10-25(12-14)13-20-23-17-9-8-15(22)11-18(17)24-20/h2-3,6-9,11,14H,4-5,10,12-13H2,1H3,(H,23,24). The molecule has 0 radical (unpaired) electrons. The zero-order valence-electron chi connectivity index (χ0n) is 15.2. The lowest BCUT2D eigenvalue weighted by atomic mass is 9.90. The van der Waals surface area contributed by atoms with E-state index in [4.69, 9.17) is 0 Å². The molecule has 2 heterocycles. The minimum atomic E-state index is -0.270. The number of halogens is 1. The molecule has 4 nitrogen and oxygen atoms in total. The van der Waals surface area contributed by atoms with Gasteiger partial charge in [0.1, 0.15) is 11.6 Å². The Morgan fingerprint density at radius 3 is 3.04 bits per heavy atom. The predicted octanol–water partition coefficient (Wildman–Crippen LogP) is 4.52. The van der Waals surface area contributed by atoms with Crippen molar-refractivity contribution in [1.82, 2.24) is 14.9 Å². The summed E-state index contributed by atoms with van der Waals surface area (Å²) in [5, 5.41) is 0. The lowest BCUT2D eigenvalue weighted by Gasteiger charge is -2.31. The molecule has 4 rings (SSSR count). The van der Waals surface area contributed by atoms with E-state index >= 15 is 0 Å². The van der Waals surface area contributed by atoms with Crippen LogP contribution in [-0.4, -0.2) is 40.0 Å². The summed E-state index contributed by atoms with van der Waals surface area (Å²) in [6.07, 6.45) is 3.92. The lowest BCUT2D eigenvalue weighted by Crippen LogP contribution is -2.38. The second-order valence-electron chi connectivity index (χ2n) is 6.98. The van der Waals surface area contributed by atoms with E-state index in [1.807, 2.05) is 30.5 Å². The maximum Gasteiger partial charge on any atom is 0.168 e. The number of thioether (sulfide) groups is 1. The summed E-state index contributed by atoms with van der Waals surface area (Å²) in [7, 11) is 0. The molecule has 1 N–H and O–H groups in total. The average Bonchev–Trinajstić information content (AvgIpc) is 3.08. The molecule has 1 saturated heterocycles. The highest BCUT2D eigenvalue weighted by molar-refractivity contribution is 7.98. The van der Waals surface area contributed by atoms with Gasteiger partial charge >= 0.3 is 0 Å². The van der Waals surface area contributed by atoms with Gasteiger partial charge in [0.15, 0.2) is 5.78 Å². The molecule has 2 aromatic carbocycles. The number of nitrogens with zero attached hydrogens (tertiary/aromatic N) is 2. The molecule has 0 saturated carbocycles. The molecular formula is C21H22FN3OS. The van der Waals surface area contributed by atoms with Crippen LogP contribution in [0.25, 0.3) is 11.0 Å². The number of hydrogen-bond donors (Lipinski definition) is 1. The van der Waals surface area contributed by atoms with Gasteiger partial charge in [-0.15, -0.1) is 11.8 Å². The number of Topliss-reactive ketones (excluding diaryl/α,β-unsaturated/α-hetero) is 1. The normalized spacial score (nSPS) is 18.1. The van der Waals surface area contributed by atoms with Gasteiger partial charge in [-0.05, 0) is 49.9 Å². The number of rotatable bonds is 5. The van der Waals surface area contributed by atoms with Crippen LogP contribution >= 0.6 is 11.8 Å². The van der Waals surface area contributed by atoms with Gasteiger partial charge in [-0.3, -0.25) is 9.69 Å². The SMILES string of the molecule is CSc1ccccc1C(=O)C1CCCN(Cc2nc3ccc(F)cc3[nH]2)C1. The number of aromatic amines is 1.